The molecule has 1 aromatic carbocycles. The van der Waals surface area contributed by atoms with E-state index in [-0.39, 0.29) is 7.43 Å². The van der Waals surface area contributed by atoms with Gasteiger partial charge in [0.15, 0.2) is 28.2 Å². The molecular weight excluding hydrogens is 306 g/mol. The highest BCUT2D eigenvalue weighted by molar-refractivity contribution is 8.45. The fourth-order valence-electron chi connectivity index (χ4n) is 0.923. The molecule has 0 unspecified atom stereocenters. The topological polar surface area (TPSA) is 0 Å². The van der Waals surface area contributed by atoms with Crippen LogP contribution in [-0.2, 0) is 0 Å². The van der Waals surface area contributed by atoms with Crippen molar-refractivity contribution in [2.24, 2.45) is 0 Å². The number of halogens is 10. The van der Waals surface area contributed by atoms with Gasteiger partial charge in [0.25, 0.3) is 0 Å². The Labute approximate surface area is 93.9 Å². The Kier molecular flexibility index (Phi) is 3.24. The van der Waals surface area contributed by atoms with E-state index >= 15 is 0 Å². The average molecular weight is 310 g/mol. The average Bonchev–Trinajstić information content (AvgIpc) is 2.07. The molecule has 0 spiro atoms. The van der Waals surface area contributed by atoms with Crippen molar-refractivity contribution < 1.29 is 41.4 Å². The smallest absolute Gasteiger partial charge is 0.202 e. The summed E-state index contributed by atoms with van der Waals surface area (Å²) in [5.74, 6) is -16.4. The van der Waals surface area contributed by atoms with Crippen LogP contribution in [0.5, 0.6) is 0 Å². The van der Waals surface area contributed by atoms with Gasteiger partial charge in [0.1, 0.15) is 0 Å². The first-order chi connectivity index (χ1) is 7.16. The molecule has 0 bridgehead atoms. The fourth-order valence-corrected chi connectivity index (χ4v) is 1.78. The second kappa shape index (κ2) is 3.45. The molecule has 11 heteroatoms. The molecule has 18 heavy (non-hydrogen) atoms. The van der Waals surface area contributed by atoms with Gasteiger partial charge in [-0.05, 0) is 0 Å². The fraction of sp³-hybridized carbons (Fsp3) is 0.143. The van der Waals surface area contributed by atoms with E-state index < -0.39 is 44.2 Å². The minimum Gasteiger partial charge on any atom is -0.202 e. The standard InChI is InChI=1S/C6F10S.CH4/c7-1-2(8)4(10)6(5(11)3(1)9)17(12,13,14,15)16;/h;1H4. The lowest BCUT2D eigenvalue weighted by Crippen LogP contribution is -2.16. The zero-order valence-electron chi connectivity index (χ0n) is 7.19. The third kappa shape index (κ3) is 2.65. The lowest BCUT2D eigenvalue weighted by atomic mass is 10.3. The van der Waals surface area contributed by atoms with E-state index in [0.29, 0.717) is 0 Å². The zero-order chi connectivity index (χ0) is 13.9. The van der Waals surface area contributed by atoms with Crippen LogP contribution in [0.4, 0.5) is 41.4 Å². The molecule has 0 aromatic heterocycles. The van der Waals surface area contributed by atoms with Crippen molar-refractivity contribution in [3.63, 3.8) is 0 Å². The first-order valence-electron chi connectivity index (χ1n) is 3.42. The number of rotatable bonds is 1. The van der Waals surface area contributed by atoms with Gasteiger partial charge >= 0.3 is 10.2 Å². The van der Waals surface area contributed by atoms with Crippen molar-refractivity contribution >= 4 is 10.2 Å². The summed E-state index contributed by atoms with van der Waals surface area (Å²) < 4.78 is 122. The summed E-state index contributed by atoms with van der Waals surface area (Å²) in [5, 5.41) is 0. The molecule has 1 aromatic rings. The van der Waals surface area contributed by atoms with Crippen LogP contribution < -0.4 is 0 Å². The van der Waals surface area contributed by atoms with Gasteiger partial charge in [-0.1, -0.05) is 26.9 Å². The minimum absolute atomic E-state index is 0. The third-order valence-corrected chi connectivity index (χ3v) is 2.69. The third-order valence-electron chi connectivity index (χ3n) is 1.56. The Bertz CT molecular complexity index is 472. The van der Waals surface area contributed by atoms with E-state index in [0.717, 1.165) is 0 Å². The molecule has 0 aliphatic heterocycles. The van der Waals surface area contributed by atoms with Crippen LogP contribution in [0.15, 0.2) is 4.90 Å². The highest BCUT2D eigenvalue weighted by Crippen LogP contribution is 3.02. The lowest BCUT2D eigenvalue weighted by molar-refractivity contribution is 0.312. The summed E-state index contributed by atoms with van der Waals surface area (Å²) in [4.78, 5) is -4.04. The minimum atomic E-state index is -11.0. The highest BCUT2D eigenvalue weighted by Gasteiger charge is 2.70. The summed E-state index contributed by atoms with van der Waals surface area (Å²) in [7, 11) is -11.0. The van der Waals surface area contributed by atoms with E-state index in [2.05, 4.69) is 0 Å². The van der Waals surface area contributed by atoms with Crippen molar-refractivity contribution in [2.45, 2.75) is 12.3 Å². The molecule has 0 N–H and O–H groups in total. The van der Waals surface area contributed by atoms with Crippen molar-refractivity contribution in [1.29, 1.82) is 0 Å². The van der Waals surface area contributed by atoms with Gasteiger partial charge in [-0.25, -0.2) is 22.0 Å². The van der Waals surface area contributed by atoms with E-state index in [1.165, 1.54) is 0 Å². The summed E-state index contributed by atoms with van der Waals surface area (Å²) in [6.07, 6.45) is 0. The zero-order valence-corrected chi connectivity index (χ0v) is 8.00. The molecule has 0 radical (unpaired) electrons. The Morgan fingerprint density at radius 3 is 0.944 bits per heavy atom. The predicted octanol–water partition coefficient (Wildman–Crippen LogP) is 5.68. The lowest BCUT2D eigenvalue weighted by Gasteiger charge is -2.40. The van der Waals surface area contributed by atoms with Gasteiger partial charge in [0.2, 0.25) is 5.82 Å². The maximum atomic E-state index is 12.5. The molecule has 0 aliphatic rings. The van der Waals surface area contributed by atoms with Gasteiger partial charge < -0.3 is 0 Å². The number of benzene rings is 1. The van der Waals surface area contributed by atoms with Crippen molar-refractivity contribution in [3.8, 4) is 0 Å². The van der Waals surface area contributed by atoms with Crippen molar-refractivity contribution in [1.82, 2.24) is 0 Å². The van der Waals surface area contributed by atoms with Crippen molar-refractivity contribution in [2.75, 3.05) is 0 Å². The maximum absolute atomic E-state index is 12.5. The van der Waals surface area contributed by atoms with Gasteiger partial charge in [-0.2, -0.15) is 0 Å². The molecule has 0 nitrogen and oxygen atoms in total. The van der Waals surface area contributed by atoms with E-state index in [4.69, 9.17) is 0 Å². The first kappa shape index (κ1) is 16.9. The SMILES string of the molecule is C.Fc1c(F)c(F)c(S(F)(F)(F)(F)F)c(F)c1F. The van der Waals surface area contributed by atoms with Crippen LogP contribution in [0.2, 0.25) is 0 Å². The van der Waals surface area contributed by atoms with Crippen LogP contribution in [0.25, 0.3) is 0 Å². The van der Waals surface area contributed by atoms with Crippen LogP contribution in [0.1, 0.15) is 7.43 Å². The Morgan fingerprint density at radius 2 is 0.722 bits per heavy atom. The molecule has 0 atom stereocenters. The van der Waals surface area contributed by atoms with Crippen LogP contribution >= 0.6 is 10.2 Å². The molecule has 0 amide bonds. The van der Waals surface area contributed by atoms with Crippen molar-refractivity contribution in [3.05, 3.63) is 29.1 Å². The quantitative estimate of drug-likeness (QED) is 0.356. The summed E-state index contributed by atoms with van der Waals surface area (Å²) in [6.45, 7) is 0. The van der Waals surface area contributed by atoms with Gasteiger partial charge in [0.05, 0.1) is 0 Å². The Hall–Kier alpha value is -1.13. The van der Waals surface area contributed by atoms with Gasteiger partial charge in [-0.3, -0.25) is 0 Å². The molecule has 0 fully saturated rings. The molecular formula is C7H4F10S. The normalized spacial score (nSPS) is 15.7. The second-order valence-corrected chi connectivity index (χ2v) is 5.21. The second-order valence-electron chi connectivity index (χ2n) is 2.87. The highest BCUT2D eigenvalue weighted by atomic mass is 32.5. The Morgan fingerprint density at radius 1 is 0.500 bits per heavy atom. The predicted molar refractivity (Wildman–Crippen MR) is 44.4 cm³/mol. The monoisotopic (exact) mass is 310 g/mol. The summed E-state index contributed by atoms with van der Waals surface area (Å²) in [5.41, 5.74) is 0. The Balaban J connectivity index is 0.00000289. The molecule has 0 saturated carbocycles. The van der Waals surface area contributed by atoms with E-state index in [1.54, 1.807) is 0 Å². The molecule has 0 heterocycles. The molecule has 1 rings (SSSR count). The van der Waals surface area contributed by atoms with E-state index in [9.17, 15) is 41.4 Å². The number of hydrogen-bond acceptors (Lipinski definition) is 0. The van der Waals surface area contributed by atoms with Crippen LogP contribution in [-0.4, -0.2) is 0 Å². The maximum Gasteiger partial charge on any atom is 0.316 e. The van der Waals surface area contributed by atoms with Crippen LogP contribution in [0.3, 0.4) is 0 Å². The number of hydrogen-bond donors (Lipinski definition) is 0. The van der Waals surface area contributed by atoms with Gasteiger partial charge in [0, 0.05) is 0 Å². The first-order valence-corrected chi connectivity index (χ1v) is 5.37. The van der Waals surface area contributed by atoms with Crippen LogP contribution in [0, 0.1) is 29.1 Å². The van der Waals surface area contributed by atoms with E-state index in [1.807, 2.05) is 0 Å². The molecule has 108 valence electrons. The molecule has 0 aliphatic carbocycles. The summed E-state index contributed by atoms with van der Waals surface area (Å²) in [6, 6.07) is 0. The largest absolute Gasteiger partial charge is 0.316 e. The summed E-state index contributed by atoms with van der Waals surface area (Å²) >= 11 is 0. The molecule has 0 saturated heterocycles. The van der Waals surface area contributed by atoms with Gasteiger partial charge in [-0.15, -0.1) is 0 Å².